The fraction of sp³-hybridized carbons (Fsp3) is 0.400. The number of nitrogens with zero attached hydrogens (tertiary/aromatic N) is 2. The number of H-pyrrole nitrogens is 1. The molecule has 6 nitrogen and oxygen atoms in total. The molecule has 0 fully saturated rings. The number of benzene rings is 1. The summed E-state index contributed by atoms with van der Waals surface area (Å²) in [5.74, 6) is 0.306. The minimum Gasteiger partial charge on any atom is -0.362 e. The highest BCUT2D eigenvalue weighted by atomic mass is 79.9. The van der Waals surface area contributed by atoms with E-state index in [-0.39, 0.29) is 18.5 Å². The third-order valence-electron chi connectivity index (χ3n) is 3.12. The molecule has 0 aliphatic rings. The lowest BCUT2D eigenvalue weighted by molar-refractivity contribution is 0.0806. The lowest BCUT2D eigenvalue weighted by Gasteiger charge is -2.15. The number of halogens is 1. The molecule has 0 atom stereocenters. The maximum atomic E-state index is 12.0. The first-order chi connectivity index (χ1) is 10.8. The van der Waals surface area contributed by atoms with Crippen LogP contribution in [0.1, 0.15) is 10.6 Å². The minimum absolute atomic E-state index is 0.105. The summed E-state index contributed by atoms with van der Waals surface area (Å²) in [5, 5.41) is 9.38. The van der Waals surface area contributed by atoms with E-state index in [1.165, 1.54) is 0 Å². The largest absolute Gasteiger partial charge is 0.362 e. The fourth-order valence-corrected chi connectivity index (χ4v) is 2.93. The van der Waals surface area contributed by atoms with E-state index in [4.69, 9.17) is 4.74 Å². The first-order valence-corrected chi connectivity index (χ1v) is 11.9. The smallest absolute Gasteiger partial charge is 0.292 e. The molecule has 8 heteroatoms. The van der Waals surface area contributed by atoms with Crippen LogP contribution in [0.15, 0.2) is 28.7 Å². The Kier molecular flexibility index (Phi) is 6.08. The van der Waals surface area contributed by atoms with Gasteiger partial charge in [0, 0.05) is 24.7 Å². The maximum absolute atomic E-state index is 12.0. The first-order valence-electron chi connectivity index (χ1n) is 7.39. The number of carbonyl (C=O) groups excluding carboxylic acids is 1. The highest BCUT2D eigenvalue weighted by molar-refractivity contribution is 9.10. The molecule has 124 valence electrons. The van der Waals surface area contributed by atoms with Crippen LogP contribution in [0.2, 0.25) is 25.7 Å². The molecule has 0 saturated heterocycles. The molecule has 0 spiro atoms. The molecule has 0 unspecified atom stereocenters. The van der Waals surface area contributed by atoms with Gasteiger partial charge in [-0.25, -0.2) is 4.98 Å². The van der Waals surface area contributed by atoms with Crippen LogP contribution in [-0.4, -0.2) is 42.5 Å². The Morgan fingerprint density at radius 3 is 2.87 bits per heavy atom. The molecule has 1 aromatic carbocycles. The van der Waals surface area contributed by atoms with Crippen molar-refractivity contribution >= 4 is 29.9 Å². The standard InChI is InChI=1S/C15H21BrN4O2Si/c1-23(2,3)8-7-22-10-17-15(21)14-18-13(19-20-14)11-5-4-6-12(16)9-11/h4-6,9H,7-8,10H2,1-3H3,(H,17,21)(H,18,19,20). The zero-order valence-electron chi connectivity index (χ0n) is 13.5. The van der Waals surface area contributed by atoms with E-state index < -0.39 is 8.07 Å². The molecular formula is C15H21BrN4O2Si. The van der Waals surface area contributed by atoms with Crippen molar-refractivity contribution in [1.82, 2.24) is 20.5 Å². The van der Waals surface area contributed by atoms with Crippen LogP contribution in [0, 0.1) is 0 Å². The summed E-state index contributed by atoms with van der Waals surface area (Å²) in [6, 6.07) is 8.68. The van der Waals surface area contributed by atoms with E-state index in [2.05, 4.69) is 56.1 Å². The quantitative estimate of drug-likeness (QED) is 0.427. The Labute approximate surface area is 145 Å². The number of ether oxygens (including phenoxy) is 1. The van der Waals surface area contributed by atoms with Gasteiger partial charge in [0.25, 0.3) is 5.91 Å². The highest BCUT2D eigenvalue weighted by Crippen LogP contribution is 2.19. The zero-order chi connectivity index (χ0) is 16.9. The molecule has 0 aliphatic heterocycles. The predicted molar refractivity (Wildman–Crippen MR) is 96.0 cm³/mol. The number of hydrogen-bond acceptors (Lipinski definition) is 4. The average molecular weight is 397 g/mol. The van der Waals surface area contributed by atoms with Gasteiger partial charge in [-0.05, 0) is 18.2 Å². The summed E-state index contributed by atoms with van der Waals surface area (Å²) in [4.78, 5) is 16.2. The fourth-order valence-electron chi connectivity index (χ4n) is 1.77. The molecular weight excluding hydrogens is 376 g/mol. The molecule has 0 aliphatic carbocycles. The van der Waals surface area contributed by atoms with E-state index in [1.807, 2.05) is 24.3 Å². The van der Waals surface area contributed by atoms with Crippen molar-refractivity contribution < 1.29 is 9.53 Å². The molecule has 1 heterocycles. The lowest BCUT2D eigenvalue weighted by Crippen LogP contribution is -2.29. The van der Waals surface area contributed by atoms with Crippen LogP contribution in [0.3, 0.4) is 0 Å². The average Bonchev–Trinajstić information content (AvgIpc) is 2.95. The molecule has 0 radical (unpaired) electrons. The van der Waals surface area contributed by atoms with Crippen molar-refractivity contribution in [2.24, 2.45) is 0 Å². The maximum Gasteiger partial charge on any atom is 0.292 e. The van der Waals surface area contributed by atoms with Gasteiger partial charge in [-0.2, -0.15) is 0 Å². The number of nitrogens with one attached hydrogen (secondary N) is 2. The topological polar surface area (TPSA) is 79.9 Å². The Bertz CT molecular complexity index is 669. The molecule has 1 aromatic heterocycles. The van der Waals surface area contributed by atoms with Gasteiger partial charge in [-0.1, -0.05) is 47.7 Å². The van der Waals surface area contributed by atoms with Crippen molar-refractivity contribution in [2.75, 3.05) is 13.3 Å². The second-order valence-electron chi connectivity index (χ2n) is 6.39. The van der Waals surface area contributed by atoms with Gasteiger partial charge in [-0.15, -0.1) is 5.10 Å². The summed E-state index contributed by atoms with van der Waals surface area (Å²) in [6.45, 7) is 7.68. The molecule has 2 N–H and O–H groups in total. The van der Waals surface area contributed by atoms with Crippen molar-refractivity contribution in [3.63, 3.8) is 0 Å². The van der Waals surface area contributed by atoms with Crippen LogP contribution in [-0.2, 0) is 4.74 Å². The highest BCUT2D eigenvalue weighted by Gasteiger charge is 2.14. The van der Waals surface area contributed by atoms with E-state index in [0.29, 0.717) is 12.4 Å². The van der Waals surface area contributed by atoms with E-state index in [0.717, 1.165) is 16.1 Å². The molecule has 0 bridgehead atoms. The number of amides is 1. The second kappa shape index (κ2) is 7.85. The Morgan fingerprint density at radius 1 is 1.39 bits per heavy atom. The Balaban J connectivity index is 1.84. The second-order valence-corrected chi connectivity index (χ2v) is 12.9. The van der Waals surface area contributed by atoms with Crippen molar-refractivity contribution in [1.29, 1.82) is 0 Å². The monoisotopic (exact) mass is 396 g/mol. The lowest BCUT2D eigenvalue weighted by atomic mass is 10.2. The van der Waals surface area contributed by atoms with Gasteiger partial charge in [0.15, 0.2) is 5.82 Å². The molecule has 0 saturated carbocycles. The molecule has 2 aromatic rings. The number of rotatable bonds is 7. The first kappa shape index (κ1) is 17.8. The van der Waals surface area contributed by atoms with Crippen LogP contribution in [0.5, 0.6) is 0 Å². The number of aromatic amines is 1. The van der Waals surface area contributed by atoms with Gasteiger partial charge >= 0.3 is 0 Å². The number of aromatic nitrogens is 3. The molecule has 1 amide bonds. The summed E-state index contributed by atoms with van der Waals surface area (Å²) in [6.07, 6.45) is 0. The van der Waals surface area contributed by atoms with E-state index >= 15 is 0 Å². The number of hydrogen-bond donors (Lipinski definition) is 2. The summed E-state index contributed by atoms with van der Waals surface area (Å²) in [7, 11) is -1.11. The van der Waals surface area contributed by atoms with Gasteiger partial charge in [0.05, 0.1) is 0 Å². The van der Waals surface area contributed by atoms with Crippen molar-refractivity contribution in [3.05, 3.63) is 34.6 Å². The van der Waals surface area contributed by atoms with Gasteiger partial charge in [-0.3, -0.25) is 9.89 Å². The van der Waals surface area contributed by atoms with Crippen LogP contribution in [0.4, 0.5) is 0 Å². The Morgan fingerprint density at radius 2 is 2.17 bits per heavy atom. The third kappa shape index (κ3) is 5.89. The van der Waals surface area contributed by atoms with Gasteiger partial charge in [0.1, 0.15) is 6.73 Å². The van der Waals surface area contributed by atoms with Crippen LogP contribution < -0.4 is 5.32 Å². The minimum atomic E-state index is -1.11. The molecule has 23 heavy (non-hydrogen) atoms. The van der Waals surface area contributed by atoms with Crippen molar-refractivity contribution in [2.45, 2.75) is 25.7 Å². The van der Waals surface area contributed by atoms with Gasteiger partial charge < -0.3 is 10.1 Å². The summed E-state index contributed by atoms with van der Waals surface area (Å²) < 4.78 is 6.38. The summed E-state index contributed by atoms with van der Waals surface area (Å²) in [5.41, 5.74) is 0.859. The zero-order valence-corrected chi connectivity index (χ0v) is 16.1. The van der Waals surface area contributed by atoms with Crippen molar-refractivity contribution in [3.8, 4) is 11.4 Å². The van der Waals surface area contributed by atoms with Gasteiger partial charge in [0.2, 0.25) is 5.82 Å². The Hall–Kier alpha value is -1.51. The molecule has 2 rings (SSSR count). The predicted octanol–water partition coefficient (Wildman–Crippen LogP) is 3.28. The van der Waals surface area contributed by atoms with Crippen LogP contribution >= 0.6 is 15.9 Å². The van der Waals surface area contributed by atoms with E-state index in [9.17, 15) is 4.79 Å². The summed E-state index contributed by atoms with van der Waals surface area (Å²) >= 11 is 3.40. The van der Waals surface area contributed by atoms with Crippen LogP contribution in [0.25, 0.3) is 11.4 Å². The normalized spacial score (nSPS) is 11.5. The SMILES string of the molecule is C[Si](C)(C)CCOCNC(=O)c1n[nH]c(-c2cccc(Br)c2)n1. The third-order valence-corrected chi connectivity index (χ3v) is 5.32. The number of carbonyl (C=O) groups is 1. The van der Waals surface area contributed by atoms with E-state index in [1.54, 1.807) is 0 Å².